The van der Waals surface area contributed by atoms with Crippen molar-refractivity contribution in [2.45, 2.75) is 35.2 Å². The molecule has 3 aromatic heterocycles. The Morgan fingerprint density at radius 3 is 2.70 bits per heavy atom. The Morgan fingerprint density at radius 1 is 1.13 bits per heavy atom. The van der Waals surface area contributed by atoms with E-state index in [1.807, 2.05) is 12.3 Å². The quantitative estimate of drug-likeness (QED) is 0.612. The second kappa shape index (κ2) is 7.76. The van der Waals surface area contributed by atoms with Crippen LogP contribution in [0.2, 0.25) is 5.02 Å². The monoisotopic (exact) mass is 442 g/mol. The number of hydrogen-bond acceptors (Lipinski definition) is 7. The summed E-state index contributed by atoms with van der Waals surface area (Å²) in [5.74, 6) is 0.264. The van der Waals surface area contributed by atoms with Gasteiger partial charge in [-0.15, -0.1) is 0 Å². The lowest BCUT2D eigenvalue weighted by atomic mass is 9.73. The summed E-state index contributed by atoms with van der Waals surface area (Å²) in [6.45, 7) is 1.76. The smallest absolute Gasteiger partial charge is 0.214 e. The number of pyridine rings is 2. The third-order valence-electron chi connectivity index (χ3n) is 6.14. The van der Waals surface area contributed by atoms with E-state index in [1.165, 1.54) is 29.6 Å². The van der Waals surface area contributed by atoms with Crippen molar-refractivity contribution in [3.8, 4) is 0 Å². The Labute approximate surface area is 183 Å². The highest BCUT2D eigenvalue weighted by molar-refractivity contribution is 7.99. The molecule has 0 unspecified atom stereocenters. The van der Waals surface area contributed by atoms with Gasteiger partial charge in [0, 0.05) is 48.2 Å². The Morgan fingerprint density at radius 2 is 1.97 bits per heavy atom. The lowest BCUT2D eigenvalue weighted by molar-refractivity contribution is 0.186. The Bertz CT molecular complexity index is 1070. The summed E-state index contributed by atoms with van der Waals surface area (Å²) in [7, 11) is 0. The highest BCUT2D eigenvalue weighted by Gasteiger charge is 2.46. The first-order valence-electron chi connectivity index (χ1n) is 9.79. The molecule has 3 aromatic rings. The summed E-state index contributed by atoms with van der Waals surface area (Å²) in [5.41, 5.74) is 9.04. The molecule has 1 spiro atoms. The van der Waals surface area contributed by atoms with Crippen molar-refractivity contribution in [2.24, 2.45) is 11.1 Å². The molecular formula is C21H20ClFN6S. The van der Waals surface area contributed by atoms with Crippen molar-refractivity contribution in [1.29, 1.82) is 0 Å². The summed E-state index contributed by atoms with van der Waals surface area (Å²) in [6.07, 6.45) is 9.54. The lowest BCUT2D eigenvalue weighted by Gasteiger charge is -2.42. The van der Waals surface area contributed by atoms with Gasteiger partial charge in [0.1, 0.15) is 10.8 Å². The largest absolute Gasteiger partial charge is 0.355 e. The molecule has 4 heterocycles. The predicted octanol–water partition coefficient (Wildman–Crippen LogP) is 4.05. The average molecular weight is 443 g/mol. The van der Waals surface area contributed by atoms with E-state index < -0.39 is 5.95 Å². The minimum Gasteiger partial charge on any atom is -0.355 e. The van der Waals surface area contributed by atoms with E-state index in [9.17, 15) is 4.39 Å². The number of hydrogen-bond donors (Lipinski definition) is 1. The van der Waals surface area contributed by atoms with Gasteiger partial charge in [-0.3, -0.25) is 4.98 Å². The third kappa shape index (κ3) is 3.53. The SMILES string of the molecule is N[C@@H]1c2cccnc2CC12CCN(c1cnc(Sc3cc(F)ncc3Cl)cn1)CC2. The first-order chi connectivity index (χ1) is 14.5. The molecule has 0 bridgehead atoms. The summed E-state index contributed by atoms with van der Waals surface area (Å²) in [4.78, 5) is 19.9. The standard InChI is InChI=1S/C21H20ClFN6S/c22-14-10-26-17(23)8-16(14)30-19-12-27-18(11-28-19)29-6-3-21(4-7-29)9-15-13(20(21)24)2-1-5-25-15/h1-2,5,8,10-12,20H,3-4,6-7,9,24H2/t20-/m1/s1. The molecule has 30 heavy (non-hydrogen) atoms. The van der Waals surface area contributed by atoms with Crippen LogP contribution in [0.15, 0.2) is 52.9 Å². The number of rotatable bonds is 3. The first kappa shape index (κ1) is 19.7. The number of anilines is 1. The van der Waals surface area contributed by atoms with Crippen LogP contribution < -0.4 is 10.6 Å². The molecule has 6 nitrogen and oxygen atoms in total. The van der Waals surface area contributed by atoms with Crippen LogP contribution in [0.25, 0.3) is 0 Å². The van der Waals surface area contributed by atoms with Crippen molar-refractivity contribution in [3.05, 3.63) is 65.2 Å². The topological polar surface area (TPSA) is 80.8 Å². The number of piperidine rings is 1. The van der Waals surface area contributed by atoms with E-state index in [0.717, 1.165) is 43.9 Å². The van der Waals surface area contributed by atoms with Gasteiger partial charge in [-0.1, -0.05) is 29.4 Å². The molecule has 5 rings (SSSR count). The van der Waals surface area contributed by atoms with E-state index in [0.29, 0.717) is 14.9 Å². The normalized spacial score (nSPS) is 19.8. The summed E-state index contributed by atoms with van der Waals surface area (Å²) in [5, 5.41) is 1.04. The molecule has 154 valence electrons. The maximum atomic E-state index is 13.4. The van der Waals surface area contributed by atoms with Gasteiger partial charge in [0.25, 0.3) is 0 Å². The van der Waals surface area contributed by atoms with Gasteiger partial charge in [0.2, 0.25) is 5.95 Å². The van der Waals surface area contributed by atoms with E-state index in [1.54, 1.807) is 12.4 Å². The highest BCUT2D eigenvalue weighted by atomic mass is 35.5. The van der Waals surface area contributed by atoms with Gasteiger partial charge in [0.15, 0.2) is 0 Å². The Balaban J connectivity index is 1.25. The Kier molecular flexibility index (Phi) is 5.08. The highest BCUT2D eigenvalue weighted by Crippen LogP contribution is 2.50. The van der Waals surface area contributed by atoms with Crippen LogP contribution >= 0.6 is 23.4 Å². The van der Waals surface area contributed by atoms with E-state index in [2.05, 4.69) is 30.9 Å². The minimum absolute atomic E-state index is 0.0405. The molecular weight excluding hydrogens is 423 g/mol. The molecule has 0 amide bonds. The maximum absolute atomic E-state index is 13.4. The van der Waals surface area contributed by atoms with Crippen LogP contribution in [-0.2, 0) is 6.42 Å². The van der Waals surface area contributed by atoms with Crippen LogP contribution in [0.1, 0.15) is 30.1 Å². The Hall–Kier alpha value is -2.29. The minimum atomic E-state index is -0.573. The third-order valence-corrected chi connectivity index (χ3v) is 7.53. The summed E-state index contributed by atoms with van der Waals surface area (Å²) >= 11 is 7.35. The molecule has 2 N–H and O–H groups in total. The second-order valence-corrected chi connectivity index (χ2v) is 9.26. The molecule has 1 aliphatic carbocycles. The van der Waals surface area contributed by atoms with Crippen molar-refractivity contribution in [1.82, 2.24) is 19.9 Å². The molecule has 9 heteroatoms. The van der Waals surface area contributed by atoms with Gasteiger partial charge in [-0.2, -0.15) is 4.39 Å². The average Bonchev–Trinajstić information content (AvgIpc) is 3.03. The van der Waals surface area contributed by atoms with Crippen molar-refractivity contribution in [3.63, 3.8) is 0 Å². The molecule has 1 fully saturated rings. The van der Waals surface area contributed by atoms with Gasteiger partial charge < -0.3 is 10.6 Å². The zero-order chi connectivity index (χ0) is 20.7. The molecule has 1 atom stereocenters. The van der Waals surface area contributed by atoms with Crippen molar-refractivity contribution in [2.75, 3.05) is 18.0 Å². The fourth-order valence-corrected chi connectivity index (χ4v) is 5.40. The van der Waals surface area contributed by atoms with Crippen LogP contribution in [0.5, 0.6) is 0 Å². The van der Waals surface area contributed by atoms with Crippen LogP contribution in [0, 0.1) is 11.4 Å². The van der Waals surface area contributed by atoms with Gasteiger partial charge in [0.05, 0.1) is 17.4 Å². The number of nitrogens with zero attached hydrogens (tertiary/aromatic N) is 5. The predicted molar refractivity (Wildman–Crippen MR) is 114 cm³/mol. The molecule has 2 aliphatic rings. The molecule has 1 saturated heterocycles. The maximum Gasteiger partial charge on any atom is 0.214 e. The van der Waals surface area contributed by atoms with Crippen LogP contribution in [0.4, 0.5) is 10.2 Å². The molecule has 0 radical (unpaired) electrons. The van der Waals surface area contributed by atoms with Gasteiger partial charge >= 0.3 is 0 Å². The van der Waals surface area contributed by atoms with E-state index in [-0.39, 0.29) is 11.5 Å². The van der Waals surface area contributed by atoms with Crippen LogP contribution in [-0.4, -0.2) is 33.0 Å². The van der Waals surface area contributed by atoms with Crippen molar-refractivity contribution >= 4 is 29.2 Å². The fraction of sp³-hybridized carbons (Fsp3) is 0.333. The number of halogens is 2. The zero-order valence-corrected chi connectivity index (χ0v) is 17.7. The van der Waals surface area contributed by atoms with Gasteiger partial charge in [-0.05, 0) is 36.3 Å². The molecule has 0 aromatic carbocycles. The second-order valence-electron chi connectivity index (χ2n) is 7.80. The zero-order valence-electron chi connectivity index (χ0n) is 16.1. The summed E-state index contributed by atoms with van der Waals surface area (Å²) in [6, 6.07) is 5.41. The first-order valence-corrected chi connectivity index (χ1v) is 11.0. The number of nitrogens with two attached hydrogens (primary N) is 1. The van der Waals surface area contributed by atoms with Crippen molar-refractivity contribution < 1.29 is 4.39 Å². The number of fused-ring (bicyclic) bond motifs is 1. The molecule has 0 saturated carbocycles. The molecule has 1 aliphatic heterocycles. The van der Waals surface area contributed by atoms with Gasteiger partial charge in [-0.25, -0.2) is 15.0 Å². The summed E-state index contributed by atoms with van der Waals surface area (Å²) < 4.78 is 13.4. The lowest BCUT2D eigenvalue weighted by Crippen LogP contribution is -2.44. The fourth-order valence-electron chi connectivity index (χ4n) is 4.44. The van der Waals surface area contributed by atoms with E-state index in [4.69, 9.17) is 17.3 Å². The van der Waals surface area contributed by atoms with Crippen LogP contribution in [0.3, 0.4) is 0 Å². The van der Waals surface area contributed by atoms with E-state index >= 15 is 0 Å². The number of aromatic nitrogens is 4.